The minimum Gasteiger partial charge on any atom is -0.377 e. The van der Waals surface area contributed by atoms with Crippen molar-refractivity contribution < 1.29 is 9.53 Å². The number of nitrogens with one attached hydrogen (secondary N) is 3. The number of carbonyl (C=O) groups excluding carboxylic acids is 1. The van der Waals surface area contributed by atoms with Crippen LogP contribution >= 0.6 is 0 Å². The summed E-state index contributed by atoms with van der Waals surface area (Å²) in [7, 11) is 0. The van der Waals surface area contributed by atoms with Gasteiger partial charge in [-0.05, 0) is 18.1 Å². The van der Waals surface area contributed by atoms with Crippen LogP contribution in [0, 0.1) is 0 Å². The van der Waals surface area contributed by atoms with Gasteiger partial charge in [0.15, 0.2) is 0 Å². The Bertz CT molecular complexity index is 747. The van der Waals surface area contributed by atoms with Gasteiger partial charge in [0.05, 0.1) is 6.61 Å². The molecule has 0 aliphatic carbocycles. The van der Waals surface area contributed by atoms with E-state index in [4.69, 9.17) is 4.74 Å². The normalized spacial score (nSPS) is 14.6. The monoisotopic (exact) mass is 384 g/mol. The van der Waals surface area contributed by atoms with Crippen molar-refractivity contribution in [3.63, 3.8) is 0 Å². The molecule has 28 heavy (non-hydrogen) atoms. The zero-order chi connectivity index (χ0) is 19.6. The summed E-state index contributed by atoms with van der Waals surface area (Å²) in [6, 6.07) is 8.59. The topological polar surface area (TPSA) is 91.4 Å². The van der Waals surface area contributed by atoms with Crippen molar-refractivity contribution >= 4 is 18.2 Å². The van der Waals surface area contributed by atoms with E-state index in [0.717, 1.165) is 43.9 Å². The van der Waals surface area contributed by atoms with Gasteiger partial charge < -0.3 is 20.7 Å². The fraction of sp³-hybridized carbons (Fsp3) is 0.450. The van der Waals surface area contributed by atoms with Crippen LogP contribution in [0.4, 0.5) is 11.8 Å². The highest BCUT2D eigenvalue weighted by molar-refractivity contribution is 5.71. The largest absolute Gasteiger partial charge is 0.377 e. The van der Waals surface area contributed by atoms with Gasteiger partial charge in [0.2, 0.25) is 12.4 Å². The van der Waals surface area contributed by atoms with Gasteiger partial charge in [-0.1, -0.05) is 24.3 Å². The highest BCUT2D eigenvalue weighted by atomic mass is 16.5. The maximum absolute atomic E-state index is 10.8. The highest BCUT2D eigenvalue weighted by Gasteiger charge is 2.10. The van der Waals surface area contributed by atoms with E-state index < -0.39 is 0 Å². The molecule has 2 aromatic rings. The molecule has 1 aliphatic heterocycles. The molecule has 0 radical (unpaired) electrons. The number of aromatic nitrogens is 2. The Morgan fingerprint density at radius 3 is 2.68 bits per heavy atom. The molecule has 0 saturated carbocycles. The molecule has 150 valence electrons. The van der Waals surface area contributed by atoms with E-state index in [-0.39, 0.29) is 0 Å². The molecule has 0 unspecified atom stereocenters. The van der Waals surface area contributed by atoms with Gasteiger partial charge >= 0.3 is 0 Å². The fourth-order valence-electron chi connectivity index (χ4n) is 3.06. The van der Waals surface area contributed by atoms with Crippen LogP contribution in [0.5, 0.6) is 0 Å². The molecule has 1 fully saturated rings. The van der Waals surface area contributed by atoms with Gasteiger partial charge in [0.1, 0.15) is 5.82 Å². The summed E-state index contributed by atoms with van der Waals surface area (Å²) in [5.41, 5.74) is 3.22. The van der Waals surface area contributed by atoms with Crippen molar-refractivity contribution in [2.24, 2.45) is 0 Å². The number of ether oxygens (including phenoxy) is 1. The van der Waals surface area contributed by atoms with Crippen molar-refractivity contribution in [3.05, 3.63) is 47.2 Å². The lowest BCUT2D eigenvalue weighted by Crippen LogP contribution is -2.42. The van der Waals surface area contributed by atoms with Crippen molar-refractivity contribution in [1.82, 2.24) is 20.2 Å². The zero-order valence-electron chi connectivity index (χ0n) is 16.3. The van der Waals surface area contributed by atoms with Crippen LogP contribution in [0.25, 0.3) is 0 Å². The molecule has 1 amide bonds. The summed E-state index contributed by atoms with van der Waals surface area (Å²) >= 11 is 0. The molecule has 0 spiro atoms. The second kappa shape index (κ2) is 10.7. The average Bonchev–Trinajstić information content (AvgIpc) is 2.73. The molecule has 8 heteroatoms. The summed E-state index contributed by atoms with van der Waals surface area (Å²) in [6.07, 6.45) is 2.28. The molecule has 1 aliphatic rings. The van der Waals surface area contributed by atoms with Crippen molar-refractivity contribution in [2.75, 3.05) is 43.4 Å². The first kappa shape index (κ1) is 20.2. The van der Waals surface area contributed by atoms with E-state index in [2.05, 4.69) is 55.1 Å². The number of carbonyl (C=O) groups is 1. The summed E-state index contributed by atoms with van der Waals surface area (Å²) < 4.78 is 5.38. The second-order valence-electron chi connectivity index (χ2n) is 6.66. The van der Waals surface area contributed by atoms with Crippen LogP contribution in [0.2, 0.25) is 0 Å². The first-order chi connectivity index (χ1) is 13.8. The van der Waals surface area contributed by atoms with Crippen molar-refractivity contribution in [2.45, 2.75) is 26.6 Å². The Kier molecular flexibility index (Phi) is 7.71. The minimum atomic E-state index is 0.363. The van der Waals surface area contributed by atoms with E-state index >= 15 is 0 Å². The van der Waals surface area contributed by atoms with Gasteiger partial charge in [-0.2, -0.15) is 4.98 Å². The molecular formula is C20H28N6O2. The molecule has 2 heterocycles. The number of nitrogens with zero attached hydrogens (tertiary/aromatic N) is 3. The Morgan fingerprint density at radius 1 is 1.21 bits per heavy atom. The van der Waals surface area contributed by atoms with Crippen molar-refractivity contribution in [1.29, 1.82) is 0 Å². The molecule has 1 aromatic heterocycles. The molecule has 8 nitrogen and oxygen atoms in total. The van der Waals surface area contributed by atoms with Crippen LogP contribution in [0.15, 0.2) is 30.5 Å². The third-order valence-corrected chi connectivity index (χ3v) is 4.61. The molecule has 3 rings (SSSR count). The molecular weight excluding hydrogens is 356 g/mol. The quantitative estimate of drug-likeness (QED) is 0.536. The standard InChI is InChI=1S/C20H28N6O2/c1-2-28-14-18-12-23-20(25-19(18)24-15-27)22-11-16-3-5-17(6-4-16)13-26-9-7-21-8-10-26/h3-6,12,15,21H,2,7-11,13-14H2,1H3,(H2,22,23,24,25,27). The van der Waals surface area contributed by atoms with Gasteiger partial charge in [0, 0.05) is 57.6 Å². The highest BCUT2D eigenvalue weighted by Crippen LogP contribution is 2.15. The summed E-state index contributed by atoms with van der Waals surface area (Å²) in [6.45, 7) is 8.78. The van der Waals surface area contributed by atoms with Crippen LogP contribution in [0.1, 0.15) is 23.6 Å². The summed E-state index contributed by atoms with van der Waals surface area (Å²) in [5.74, 6) is 0.932. The van der Waals surface area contributed by atoms with Gasteiger partial charge in [0.25, 0.3) is 0 Å². The SMILES string of the molecule is CCOCc1cnc(NCc2ccc(CN3CCNCC3)cc2)nc1NC=O. The smallest absolute Gasteiger partial charge is 0.224 e. The molecule has 1 saturated heterocycles. The summed E-state index contributed by atoms with van der Waals surface area (Å²) in [4.78, 5) is 22.0. The molecule has 0 bridgehead atoms. The maximum atomic E-state index is 10.8. The number of piperazine rings is 1. The number of rotatable bonds is 10. The third kappa shape index (κ3) is 5.98. The Morgan fingerprint density at radius 2 is 1.96 bits per heavy atom. The average molecular weight is 384 g/mol. The van der Waals surface area contributed by atoms with Crippen LogP contribution in [-0.2, 0) is 29.2 Å². The zero-order valence-corrected chi connectivity index (χ0v) is 16.3. The predicted molar refractivity (Wildman–Crippen MR) is 109 cm³/mol. The van der Waals surface area contributed by atoms with E-state index in [1.165, 1.54) is 5.56 Å². The van der Waals surface area contributed by atoms with E-state index in [0.29, 0.717) is 37.9 Å². The van der Waals surface area contributed by atoms with E-state index in [1.54, 1.807) is 6.20 Å². The molecule has 3 N–H and O–H groups in total. The Labute approximate surface area is 165 Å². The lowest BCUT2D eigenvalue weighted by molar-refractivity contribution is -0.105. The van der Waals surface area contributed by atoms with Gasteiger partial charge in [-0.15, -0.1) is 0 Å². The first-order valence-electron chi connectivity index (χ1n) is 9.67. The van der Waals surface area contributed by atoms with E-state index in [1.807, 2.05) is 6.92 Å². The van der Waals surface area contributed by atoms with Crippen LogP contribution in [-0.4, -0.2) is 54.1 Å². The summed E-state index contributed by atoms with van der Waals surface area (Å²) in [5, 5.41) is 9.19. The third-order valence-electron chi connectivity index (χ3n) is 4.61. The minimum absolute atomic E-state index is 0.363. The number of hydrogen-bond acceptors (Lipinski definition) is 7. The lowest BCUT2D eigenvalue weighted by atomic mass is 10.1. The van der Waals surface area contributed by atoms with Crippen LogP contribution in [0.3, 0.4) is 0 Å². The van der Waals surface area contributed by atoms with Crippen LogP contribution < -0.4 is 16.0 Å². The number of benzene rings is 1. The van der Waals surface area contributed by atoms with Gasteiger partial charge in [-0.3, -0.25) is 9.69 Å². The molecule has 0 atom stereocenters. The van der Waals surface area contributed by atoms with Crippen molar-refractivity contribution in [3.8, 4) is 0 Å². The maximum Gasteiger partial charge on any atom is 0.224 e. The number of amides is 1. The Hall–Kier alpha value is -2.55. The second-order valence-corrected chi connectivity index (χ2v) is 6.66. The van der Waals surface area contributed by atoms with E-state index in [9.17, 15) is 4.79 Å². The Balaban J connectivity index is 1.55. The molecule has 1 aromatic carbocycles. The first-order valence-corrected chi connectivity index (χ1v) is 9.67. The number of hydrogen-bond donors (Lipinski definition) is 3. The predicted octanol–water partition coefficient (Wildman–Crippen LogP) is 1.60. The number of anilines is 2. The lowest BCUT2D eigenvalue weighted by Gasteiger charge is -2.27. The fourth-order valence-corrected chi connectivity index (χ4v) is 3.06. The van der Waals surface area contributed by atoms with Gasteiger partial charge in [-0.25, -0.2) is 4.98 Å².